The summed E-state index contributed by atoms with van der Waals surface area (Å²) in [7, 11) is 0. The van der Waals surface area contributed by atoms with Crippen LogP contribution in [0.25, 0.3) is 0 Å². The van der Waals surface area contributed by atoms with E-state index >= 15 is 0 Å². The summed E-state index contributed by atoms with van der Waals surface area (Å²) < 4.78 is 18.1. The molecular weight excluding hydrogens is 395 g/mol. The van der Waals surface area contributed by atoms with Crippen molar-refractivity contribution in [3.63, 3.8) is 0 Å². The monoisotopic (exact) mass is 410 g/mol. The van der Waals surface area contributed by atoms with Crippen molar-refractivity contribution in [2.75, 3.05) is 10.2 Å². The number of thioether (sulfide) groups is 1. The van der Waals surface area contributed by atoms with Gasteiger partial charge in [0.2, 0.25) is 11.8 Å². The molecule has 4 rings (SSSR count). The fourth-order valence-corrected chi connectivity index (χ4v) is 3.99. The summed E-state index contributed by atoms with van der Waals surface area (Å²) in [4.78, 5) is 38.8. The molecule has 1 N–H and O–H groups in total. The molecule has 1 fully saturated rings. The Bertz CT molecular complexity index is 1050. The van der Waals surface area contributed by atoms with Gasteiger partial charge in [-0.3, -0.25) is 14.4 Å². The van der Waals surface area contributed by atoms with Crippen molar-refractivity contribution < 1.29 is 23.2 Å². The van der Waals surface area contributed by atoms with Crippen LogP contribution in [0.3, 0.4) is 0 Å². The molecule has 0 saturated carbocycles. The maximum absolute atomic E-state index is 13.1. The van der Waals surface area contributed by atoms with Gasteiger partial charge in [-0.2, -0.15) is 0 Å². The van der Waals surface area contributed by atoms with Crippen molar-refractivity contribution >= 4 is 40.9 Å². The Morgan fingerprint density at radius 1 is 1.07 bits per heavy atom. The molecule has 1 saturated heterocycles. The van der Waals surface area contributed by atoms with Crippen LogP contribution in [-0.2, 0) is 9.59 Å². The van der Waals surface area contributed by atoms with Crippen LogP contribution in [0.5, 0.6) is 0 Å². The Hall–Kier alpha value is -3.39. The Kier molecular flexibility index (Phi) is 5.18. The third kappa shape index (κ3) is 4.07. The molecule has 1 aliphatic heterocycles. The van der Waals surface area contributed by atoms with Crippen LogP contribution in [0, 0.1) is 5.82 Å². The van der Waals surface area contributed by atoms with Crippen LogP contribution in [0.2, 0.25) is 0 Å². The van der Waals surface area contributed by atoms with Crippen molar-refractivity contribution in [3.8, 4) is 0 Å². The largest absolute Gasteiger partial charge is 0.459 e. The number of rotatable bonds is 5. The Morgan fingerprint density at radius 2 is 1.79 bits per heavy atom. The number of furan rings is 1. The summed E-state index contributed by atoms with van der Waals surface area (Å²) in [6, 6.07) is 15.4. The average molecular weight is 410 g/mol. The van der Waals surface area contributed by atoms with Crippen LogP contribution >= 0.6 is 11.8 Å². The molecule has 1 atom stereocenters. The van der Waals surface area contributed by atoms with Gasteiger partial charge in [-0.15, -0.1) is 11.8 Å². The van der Waals surface area contributed by atoms with Crippen molar-refractivity contribution in [2.45, 2.75) is 16.6 Å². The second-order valence-electron chi connectivity index (χ2n) is 6.31. The van der Waals surface area contributed by atoms with Crippen LogP contribution in [-0.4, -0.2) is 23.0 Å². The minimum atomic E-state index is -0.559. The van der Waals surface area contributed by atoms with Crippen molar-refractivity contribution in [1.29, 1.82) is 0 Å². The van der Waals surface area contributed by atoms with Gasteiger partial charge in [-0.05, 0) is 60.7 Å². The third-order valence-corrected chi connectivity index (χ3v) is 5.52. The quantitative estimate of drug-likeness (QED) is 0.641. The standard InChI is InChI=1S/C21H15FN2O4S/c22-13-3-7-15(8-4-13)24-19(25)12-18(21(24)27)29-16-9-5-14(6-10-16)23-20(26)17-2-1-11-28-17/h1-11,18H,12H2,(H,23,26). The van der Waals surface area contributed by atoms with Gasteiger partial charge < -0.3 is 9.73 Å². The fourth-order valence-electron chi connectivity index (χ4n) is 2.94. The molecule has 29 heavy (non-hydrogen) atoms. The van der Waals surface area contributed by atoms with Gasteiger partial charge in [0.05, 0.1) is 17.2 Å². The molecule has 2 aromatic carbocycles. The van der Waals surface area contributed by atoms with E-state index in [0.29, 0.717) is 11.4 Å². The highest BCUT2D eigenvalue weighted by Gasteiger charge is 2.40. The van der Waals surface area contributed by atoms with Crippen molar-refractivity contribution in [1.82, 2.24) is 0 Å². The van der Waals surface area contributed by atoms with E-state index in [1.807, 2.05) is 0 Å². The lowest BCUT2D eigenvalue weighted by Crippen LogP contribution is -2.31. The average Bonchev–Trinajstić information content (AvgIpc) is 3.34. The topological polar surface area (TPSA) is 79.6 Å². The third-order valence-electron chi connectivity index (χ3n) is 4.33. The lowest BCUT2D eigenvalue weighted by atomic mass is 10.3. The van der Waals surface area contributed by atoms with Crippen LogP contribution in [0.1, 0.15) is 17.0 Å². The first-order chi connectivity index (χ1) is 14.0. The molecule has 3 aromatic rings. The normalized spacial score (nSPS) is 16.3. The molecule has 1 aliphatic rings. The summed E-state index contributed by atoms with van der Waals surface area (Å²) in [6.45, 7) is 0. The predicted molar refractivity (Wildman–Crippen MR) is 106 cm³/mol. The zero-order chi connectivity index (χ0) is 20.4. The van der Waals surface area contributed by atoms with Crippen molar-refractivity contribution in [3.05, 3.63) is 78.5 Å². The van der Waals surface area contributed by atoms with Crippen LogP contribution < -0.4 is 10.2 Å². The van der Waals surface area contributed by atoms with E-state index in [9.17, 15) is 18.8 Å². The molecule has 0 aliphatic carbocycles. The lowest BCUT2D eigenvalue weighted by Gasteiger charge is -2.15. The number of hydrogen-bond acceptors (Lipinski definition) is 5. The zero-order valence-corrected chi connectivity index (χ0v) is 15.8. The first-order valence-electron chi connectivity index (χ1n) is 8.75. The van der Waals surface area contributed by atoms with Gasteiger partial charge >= 0.3 is 0 Å². The molecule has 1 aromatic heterocycles. The van der Waals surface area contributed by atoms with Gasteiger partial charge in [-0.25, -0.2) is 9.29 Å². The smallest absolute Gasteiger partial charge is 0.291 e. The Labute approximate surface area is 169 Å². The minimum Gasteiger partial charge on any atom is -0.459 e. The van der Waals surface area contributed by atoms with Gasteiger partial charge in [-0.1, -0.05) is 0 Å². The van der Waals surface area contributed by atoms with Gasteiger partial charge in [0.15, 0.2) is 5.76 Å². The van der Waals surface area contributed by atoms with Gasteiger partial charge in [0.1, 0.15) is 5.82 Å². The molecule has 2 heterocycles. The number of benzene rings is 2. The summed E-state index contributed by atoms with van der Waals surface area (Å²) >= 11 is 1.27. The van der Waals surface area contributed by atoms with Crippen LogP contribution in [0.15, 0.2) is 76.2 Å². The molecule has 0 bridgehead atoms. The molecule has 0 spiro atoms. The number of nitrogens with zero attached hydrogens (tertiary/aromatic N) is 1. The number of halogens is 1. The molecule has 3 amide bonds. The van der Waals surface area contributed by atoms with E-state index in [4.69, 9.17) is 4.42 Å². The highest BCUT2D eigenvalue weighted by Crippen LogP contribution is 2.34. The minimum absolute atomic E-state index is 0.0673. The Morgan fingerprint density at radius 3 is 2.45 bits per heavy atom. The Balaban J connectivity index is 1.41. The zero-order valence-electron chi connectivity index (χ0n) is 15.0. The van der Waals surface area contributed by atoms with Crippen molar-refractivity contribution in [2.24, 2.45) is 0 Å². The highest BCUT2D eigenvalue weighted by atomic mass is 32.2. The number of hydrogen-bond donors (Lipinski definition) is 1. The van der Waals surface area contributed by atoms with E-state index in [1.54, 1.807) is 36.4 Å². The maximum atomic E-state index is 13.1. The number of anilines is 2. The lowest BCUT2D eigenvalue weighted by molar-refractivity contribution is -0.121. The summed E-state index contributed by atoms with van der Waals surface area (Å²) in [5.41, 5.74) is 0.943. The summed E-state index contributed by atoms with van der Waals surface area (Å²) in [5.74, 6) is -1.23. The van der Waals surface area contributed by atoms with E-state index in [0.717, 1.165) is 9.80 Å². The number of imide groups is 1. The highest BCUT2D eigenvalue weighted by molar-refractivity contribution is 8.00. The van der Waals surface area contributed by atoms with E-state index in [1.165, 1.54) is 42.3 Å². The maximum Gasteiger partial charge on any atom is 0.291 e. The van der Waals surface area contributed by atoms with Crippen LogP contribution in [0.4, 0.5) is 15.8 Å². The SMILES string of the molecule is O=C(Nc1ccc(SC2CC(=O)N(c3ccc(F)cc3)C2=O)cc1)c1ccco1. The number of carbonyl (C=O) groups excluding carboxylic acids is 3. The van der Waals surface area contributed by atoms with E-state index < -0.39 is 11.1 Å². The summed E-state index contributed by atoms with van der Waals surface area (Å²) in [6.07, 6.45) is 1.49. The predicted octanol–water partition coefficient (Wildman–Crippen LogP) is 4.10. The fraction of sp³-hybridized carbons (Fsp3) is 0.0952. The molecule has 8 heteroatoms. The molecular formula is C21H15FN2O4S. The number of amides is 3. The van der Waals surface area contributed by atoms with Gasteiger partial charge in [0.25, 0.3) is 5.91 Å². The number of carbonyl (C=O) groups is 3. The number of nitrogens with one attached hydrogen (secondary N) is 1. The van der Waals surface area contributed by atoms with E-state index in [-0.39, 0.29) is 29.9 Å². The first-order valence-corrected chi connectivity index (χ1v) is 9.63. The summed E-state index contributed by atoms with van der Waals surface area (Å²) in [5, 5.41) is 2.15. The second kappa shape index (κ2) is 7.92. The first kappa shape index (κ1) is 18.9. The molecule has 6 nitrogen and oxygen atoms in total. The molecule has 146 valence electrons. The second-order valence-corrected chi connectivity index (χ2v) is 7.59. The van der Waals surface area contributed by atoms with Gasteiger partial charge in [0, 0.05) is 17.0 Å². The molecule has 1 unspecified atom stereocenters. The van der Waals surface area contributed by atoms with E-state index in [2.05, 4.69) is 5.32 Å². The molecule has 0 radical (unpaired) electrons.